The van der Waals surface area contributed by atoms with Gasteiger partial charge in [-0.15, -0.1) is 11.3 Å². The first kappa shape index (κ1) is 19.7. The van der Waals surface area contributed by atoms with Crippen LogP contribution in [0.25, 0.3) is 0 Å². The van der Waals surface area contributed by atoms with Crippen molar-refractivity contribution in [1.82, 2.24) is 10.3 Å². The van der Waals surface area contributed by atoms with Gasteiger partial charge in [-0.05, 0) is 49.2 Å². The van der Waals surface area contributed by atoms with Gasteiger partial charge in [0.05, 0.1) is 10.0 Å². The number of hydrogen-bond acceptors (Lipinski definition) is 6. The number of amides is 1. The van der Waals surface area contributed by atoms with Crippen molar-refractivity contribution < 1.29 is 17.9 Å². The first-order valence-corrected chi connectivity index (χ1v) is 11.4. The summed E-state index contributed by atoms with van der Waals surface area (Å²) in [6.07, 6.45) is 3.47. The van der Waals surface area contributed by atoms with E-state index in [1.54, 1.807) is 30.3 Å². The van der Waals surface area contributed by atoms with E-state index in [1.807, 2.05) is 0 Å². The minimum absolute atomic E-state index is 0.109. The fourth-order valence-corrected chi connectivity index (χ4v) is 5.05. The highest BCUT2D eigenvalue weighted by Gasteiger charge is 2.25. The molecule has 0 saturated heterocycles. The van der Waals surface area contributed by atoms with E-state index in [0.29, 0.717) is 21.3 Å². The number of nitrogens with zero attached hydrogens (tertiary/aromatic N) is 1. The van der Waals surface area contributed by atoms with Crippen LogP contribution in [0.2, 0.25) is 4.34 Å². The number of anilines is 1. The molecule has 1 saturated carbocycles. The zero-order valence-electron chi connectivity index (χ0n) is 15.0. The predicted octanol–water partition coefficient (Wildman–Crippen LogP) is 4.28. The van der Waals surface area contributed by atoms with Crippen LogP contribution in [0.5, 0.6) is 11.6 Å². The summed E-state index contributed by atoms with van der Waals surface area (Å²) >= 11 is 6.79. The fourth-order valence-electron chi connectivity index (χ4n) is 2.52. The third-order valence-electron chi connectivity index (χ3n) is 4.04. The molecule has 0 spiro atoms. The van der Waals surface area contributed by atoms with Gasteiger partial charge in [-0.25, -0.2) is 13.4 Å². The molecule has 150 valence electrons. The van der Waals surface area contributed by atoms with E-state index in [-0.39, 0.29) is 22.0 Å². The molecular formula is C19H16ClN3O4S2. The monoisotopic (exact) mass is 449 g/mol. The number of carbonyl (C=O) groups excluding carboxylic acids is 1. The molecule has 0 atom stereocenters. The summed E-state index contributed by atoms with van der Waals surface area (Å²) in [5.74, 6) is 0.242. The highest BCUT2D eigenvalue weighted by molar-refractivity contribution is 7.94. The van der Waals surface area contributed by atoms with Crippen molar-refractivity contribution in [1.29, 1.82) is 0 Å². The molecule has 1 aliphatic carbocycles. The predicted molar refractivity (Wildman–Crippen MR) is 111 cm³/mol. The van der Waals surface area contributed by atoms with E-state index >= 15 is 0 Å². The first-order chi connectivity index (χ1) is 13.9. The van der Waals surface area contributed by atoms with Crippen LogP contribution in [0.1, 0.15) is 23.2 Å². The lowest BCUT2D eigenvalue weighted by Crippen LogP contribution is -2.25. The molecule has 29 heavy (non-hydrogen) atoms. The lowest BCUT2D eigenvalue weighted by Gasteiger charge is -2.11. The van der Waals surface area contributed by atoms with E-state index in [2.05, 4.69) is 15.0 Å². The SMILES string of the molecule is O=C(NC1CC1)c1cccnc1Oc1cccc(NS(=O)(=O)c2ccc(Cl)s2)c1. The first-order valence-electron chi connectivity index (χ1n) is 8.73. The van der Waals surface area contributed by atoms with Crippen LogP contribution >= 0.6 is 22.9 Å². The third-order valence-corrected chi connectivity index (χ3v) is 7.15. The molecule has 0 unspecified atom stereocenters. The molecule has 0 aliphatic heterocycles. The summed E-state index contributed by atoms with van der Waals surface area (Å²) in [5, 5.41) is 2.90. The number of sulfonamides is 1. The summed E-state index contributed by atoms with van der Waals surface area (Å²) in [6, 6.07) is 12.9. The molecule has 0 radical (unpaired) electrons. The van der Waals surface area contributed by atoms with Gasteiger partial charge in [-0.1, -0.05) is 17.7 Å². The number of aromatic nitrogens is 1. The maximum absolute atomic E-state index is 12.5. The van der Waals surface area contributed by atoms with Crippen molar-refractivity contribution in [2.75, 3.05) is 4.72 Å². The van der Waals surface area contributed by atoms with Gasteiger partial charge in [0, 0.05) is 18.3 Å². The Morgan fingerprint density at radius 3 is 2.72 bits per heavy atom. The summed E-state index contributed by atoms with van der Waals surface area (Å²) in [4.78, 5) is 16.5. The second kappa shape index (κ2) is 8.02. The molecule has 3 aromatic rings. The average molecular weight is 450 g/mol. The van der Waals surface area contributed by atoms with E-state index in [0.717, 1.165) is 24.2 Å². The van der Waals surface area contributed by atoms with E-state index in [9.17, 15) is 13.2 Å². The number of benzene rings is 1. The van der Waals surface area contributed by atoms with Crippen molar-refractivity contribution in [3.8, 4) is 11.6 Å². The van der Waals surface area contributed by atoms with Gasteiger partial charge >= 0.3 is 0 Å². The highest BCUT2D eigenvalue weighted by Crippen LogP contribution is 2.30. The molecule has 0 bridgehead atoms. The quantitative estimate of drug-likeness (QED) is 0.561. The van der Waals surface area contributed by atoms with Gasteiger partial charge in [0.1, 0.15) is 15.5 Å². The maximum Gasteiger partial charge on any atom is 0.271 e. The van der Waals surface area contributed by atoms with Crippen LogP contribution in [-0.2, 0) is 10.0 Å². The number of pyridine rings is 1. The topological polar surface area (TPSA) is 97.4 Å². The van der Waals surface area contributed by atoms with Gasteiger partial charge in [-0.3, -0.25) is 9.52 Å². The summed E-state index contributed by atoms with van der Waals surface area (Å²) < 4.78 is 33.7. The zero-order valence-corrected chi connectivity index (χ0v) is 17.4. The minimum Gasteiger partial charge on any atom is -0.438 e. The van der Waals surface area contributed by atoms with E-state index in [1.165, 1.54) is 24.4 Å². The van der Waals surface area contributed by atoms with Gasteiger partial charge in [0.15, 0.2) is 0 Å². The van der Waals surface area contributed by atoms with E-state index in [4.69, 9.17) is 16.3 Å². The number of thiophene rings is 1. The summed E-state index contributed by atoms with van der Waals surface area (Å²) in [7, 11) is -3.76. The number of carbonyl (C=O) groups is 1. The van der Waals surface area contributed by atoms with Crippen LogP contribution in [0.4, 0.5) is 5.69 Å². The fraction of sp³-hybridized carbons (Fsp3) is 0.158. The lowest BCUT2D eigenvalue weighted by atomic mass is 10.2. The molecule has 4 rings (SSSR count). The maximum atomic E-state index is 12.5. The van der Waals surface area contributed by atoms with Crippen LogP contribution in [0, 0.1) is 0 Å². The number of halogens is 1. The Balaban J connectivity index is 1.53. The van der Waals surface area contributed by atoms with Crippen LogP contribution in [-0.4, -0.2) is 25.4 Å². The Morgan fingerprint density at radius 2 is 2.00 bits per heavy atom. The van der Waals surface area contributed by atoms with Gasteiger partial charge in [0.2, 0.25) is 5.88 Å². The smallest absolute Gasteiger partial charge is 0.271 e. The van der Waals surface area contributed by atoms with Crippen molar-refractivity contribution in [2.24, 2.45) is 0 Å². The summed E-state index contributed by atoms with van der Waals surface area (Å²) in [6.45, 7) is 0. The van der Waals surface area contributed by atoms with Crippen molar-refractivity contribution in [3.05, 3.63) is 64.6 Å². The number of rotatable bonds is 7. The van der Waals surface area contributed by atoms with Gasteiger partial charge in [0.25, 0.3) is 15.9 Å². The van der Waals surface area contributed by atoms with Crippen molar-refractivity contribution in [3.63, 3.8) is 0 Å². The number of ether oxygens (including phenoxy) is 1. The molecule has 7 nitrogen and oxygen atoms in total. The normalized spacial score (nSPS) is 13.7. The lowest BCUT2D eigenvalue weighted by molar-refractivity contribution is 0.0948. The standard InChI is InChI=1S/C19H16ClN3O4S2/c20-16-8-9-17(28-16)29(25,26)23-13-3-1-4-14(11-13)27-19-15(5-2-10-21-19)18(24)22-12-6-7-12/h1-5,8-12,23H,6-7H2,(H,22,24). The van der Waals surface area contributed by atoms with Crippen LogP contribution in [0.3, 0.4) is 0 Å². The van der Waals surface area contributed by atoms with Crippen LogP contribution < -0.4 is 14.8 Å². The summed E-state index contributed by atoms with van der Waals surface area (Å²) in [5.41, 5.74) is 0.630. The molecule has 2 N–H and O–H groups in total. The molecule has 2 heterocycles. The Labute approximate surface area is 176 Å². The number of hydrogen-bond donors (Lipinski definition) is 2. The average Bonchev–Trinajstić information content (AvgIpc) is 3.38. The highest BCUT2D eigenvalue weighted by atomic mass is 35.5. The third kappa shape index (κ3) is 4.87. The second-order valence-electron chi connectivity index (χ2n) is 6.40. The molecule has 1 aliphatic rings. The van der Waals surface area contributed by atoms with Crippen molar-refractivity contribution >= 4 is 44.6 Å². The molecule has 1 amide bonds. The largest absolute Gasteiger partial charge is 0.438 e. The Kier molecular flexibility index (Phi) is 5.44. The van der Waals surface area contributed by atoms with Gasteiger partial charge < -0.3 is 10.1 Å². The molecule has 2 aromatic heterocycles. The molecule has 1 aromatic carbocycles. The Hall–Kier alpha value is -2.62. The molecule has 1 fully saturated rings. The van der Waals surface area contributed by atoms with E-state index < -0.39 is 10.0 Å². The Morgan fingerprint density at radius 1 is 1.17 bits per heavy atom. The second-order valence-corrected chi connectivity index (χ2v) is 10.0. The molecular weight excluding hydrogens is 434 g/mol. The Bertz CT molecular complexity index is 1160. The van der Waals surface area contributed by atoms with Gasteiger partial charge in [-0.2, -0.15) is 0 Å². The minimum atomic E-state index is -3.76. The zero-order chi connectivity index (χ0) is 20.4. The van der Waals surface area contributed by atoms with Crippen molar-refractivity contribution in [2.45, 2.75) is 23.1 Å². The number of nitrogens with one attached hydrogen (secondary N) is 2. The van der Waals surface area contributed by atoms with Crippen LogP contribution in [0.15, 0.2) is 58.9 Å². The molecule has 10 heteroatoms.